The van der Waals surface area contributed by atoms with Crippen molar-refractivity contribution in [3.8, 4) is 5.75 Å². The Balaban J connectivity index is 0.575. The number of hydrogen-bond donors (Lipinski definition) is 6. The molecule has 10 atom stereocenters. The number of anilines is 2. The molecule has 6 aliphatic carbocycles. The lowest BCUT2D eigenvalue weighted by molar-refractivity contribution is -0.392. The van der Waals surface area contributed by atoms with Crippen LogP contribution in [-0.2, 0) is 43.2 Å². The highest BCUT2D eigenvalue weighted by atomic mass is 32.2. The van der Waals surface area contributed by atoms with Gasteiger partial charge >= 0.3 is 18.2 Å². The van der Waals surface area contributed by atoms with E-state index in [1.807, 2.05) is 28.9 Å². The van der Waals surface area contributed by atoms with Crippen LogP contribution >= 0.6 is 23.5 Å². The lowest BCUT2D eigenvalue weighted by atomic mass is 9.50. The topological polar surface area (TPSA) is 259 Å². The fourth-order valence-electron chi connectivity index (χ4n) is 14.7. The Bertz CT molecular complexity index is 2790. The first-order valence-electron chi connectivity index (χ1n) is 27.9. The van der Waals surface area contributed by atoms with E-state index in [4.69, 9.17) is 29.0 Å². The Morgan fingerprint density at radius 1 is 0.949 bits per heavy atom. The quantitative estimate of drug-likeness (QED) is 0.0876. The molecule has 426 valence electrons. The zero-order chi connectivity index (χ0) is 55.0. The van der Waals surface area contributed by atoms with Gasteiger partial charge in [-0.2, -0.15) is 9.78 Å². The van der Waals surface area contributed by atoms with Gasteiger partial charge in [-0.25, -0.2) is 14.0 Å². The number of hydrogen-bond acceptors (Lipinski definition) is 17. The van der Waals surface area contributed by atoms with Crippen LogP contribution in [0.5, 0.6) is 5.75 Å². The Morgan fingerprint density at radius 3 is 2.47 bits per heavy atom. The smallest absolute Gasteiger partial charge is 0.414 e. The number of carboxylic acids is 1. The second-order valence-corrected chi connectivity index (χ2v) is 26.1. The zero-order valence-corrected chi connectivity index (χ0v) is 46.0. The van der Waals surface area contributed by atoms with Crippen LogP contribution in [0.1, 0.15) is 96.5 Å². The standard InChI is InChI=1S/C55H69FN8O13S2/c1-30(65)58-24-36-25-63(51(72)74-36)34-10-11-41(40(56)19-34)62-26-38-39(27-62)47(38)60-50(71)73-35-7-5-14-54(23-35)75-55(77-76-54)32-17-31-18-33(55)22-53(20-31,21-32)61-46(68)13-12-45(67)57-15-6-16-64-42(49(69)70)28-79-52(64,2)44-29-78-48(59-44)37-8-3-4-9-43(37)66/h3-4,8-11,19,31-33,35-36,38-39,42,44,47,66H,5-7,12-18,20-29H2,1-2H3,(H,57,67)(H,58,65)(H,60,71)(H,61,68)(H,69,70). The average Bonchev–Trinajstić information content (AvgIpc) is 4.23. The number of piperidine rings is 1. The van der Waals surface area contributed by atoms with Gasteiger partial charge in [-0.15, -0.1) is 23.5 Å². The first-order chi connectivity index (χ1) is 37.9. The van der Waals surface area contributed by atoms with E-state index < -0.39 is 64.2 Å². The number of fused-ring (bicyclic) bond motifs is 1. The molecule has 2 aromatic rings. The van der Waals surface area contributed by atoms with E-state index >= 15 is 4.39 Å². The monoisotopic (exact) mass is 1130 g/mol. The number of rotatable bonds is 17. The van der Waals surface area contributed by atoms with Crippen molar-refractivity contribution in [2.45, 2.75) is 143 Å². The van der Waals surface area contributed by atoms with Gasteiger partial charge in [0.25, 0.3) is 0 Å². The lowest BCUT2D eigenvalue weighted by Gasteiger charge is -2.62. The molecule has 4 saturated heterocycles. The van der Waals surface area contributed by atoms with Crippen molar-refractivity contribution in [2.24, 2.45) is 34.6 Å². The number of benzene rings is 2. The van der Waals surface area contributed by atoms with E-state index in [2.05, 4.69) is 21.3 Å². The molecule has 21 nitrogen and oxygen atoms in total. The number of carboxylic acid groups (broad SMARTS) is 1. The SMILES string of the molecule is CC(=O)NCC1CN(c2ccc(N3CC4C(C3)C4NC(=O)OC3CCCC4(C3)OOC3(O4)C4CC5CC3CC(NC(=O)CCC(=O)NCCCN3C(C(=O)O)CSC3(C)C3CSC(c6ccccc6O)=N3)(C5)C4)c(F)c2)C(=O)O1. The molecule has 5 aliphatic heterocycles. The van der Waals surface area contributed by atoms with Gasteiger partial charge < -0.3 is 50.6 Å². The minimum absolute atomic E-state index is 0.0222. The summed E-state index contributed by atoms with van der Waals surface area (Å²) in [4.78, 5) is 98.4. The molecule has 10 unspecified atom stereocenters. The number of phenolic OH excluding ortho intramolecular Hbond substituents is 1. The third-order valence-corrected chi connectivity index (χ3v) is 21.1. The van der Waals surface area contributed by atoms with Crippen LogP contribution in [0.3, 0.4) is 0 Å². The highest BCUT2D eigenvalue weighted by Gasteiger charge is 2.70. The molecule has 5 amide bonds. The average molecular weight is 1130 g/mol. The Morgan fingerprint density at radius 2 is 1.72 bits per heavy atom. The van der Waals surface area contributed by atoms with Gasteiger partial charge in [-0.1, -0.05) is 12.1 Å². The predicted octanol–water partition coefficient (Wildman–Crippen LogP) is 5.23. The third kappa shape index (κ3) is 10.5. The van der Waals surface area contributed by atoms with Crippen LogP contribution in [0.2, 0.25) is 0 Å². The maximum atomic E-state index is 15.5. The molecule has 0 radical (unpaired) electrons. The number of ether oxygens (including phenoxy) is 3. The molecule has 2 spiro atoms. The Kier molecular flexibility index (Phi) is 14.5. The van der Waals surface area contributed by atoms with Crippen molar-refractivity contribution >= 4 is 75.8 Å². The number of carbonyl (C=O) groups is 6. The van der Waals surface area contributed by atoms with E-state index in [0.29, 0.717) is 105 Å². The predicted molar refractivity (Wildman–Crippen MR) is 287 cm³/mol. The van der Waals surface area contributed by atoms with Crippen molar-refractivity contribution in [3.05, 3.63) is 53.8 Å². The second kappa shape index (κ2) is 21.2. The van der Waals surface area contributed by atoms with Crippen LogP contribution in [-0.4, -0.2) is 159 Å². The Labute approximate surface area is 465 Å². The number of carbonyl (C=O) groups excluding carboxylic acids is 5. The van der Waals surface area contributed by atoms with Gasteiger partial charge in [0.05, 0.1) is 35.4 Å². The van der Waals surface area contributed by atoms with E-state index in [1.165, 1.54) is 17.9 Å². The fourth-order valence-corrected chi connectivity index (χ4v) is 17.6. The molecule has 10 fully saturated rings. The first-order valence-corrected chi connectivity index (χ1v) is 29.9. The summed E-state index contributed by atoms with van der Waals surface area (Å²) in [7, 11) is 0. The minimum Gasteiger partial charge on any atom is -0.507 e. The summed E-state index contributed by atoms with van der Waals surface area (Å²) in [6, 6.07) is 10.7. The van der Waals surface area contributed by atoms with Gasteiger partial charge in [0.15, 0.2) is 0 Å². The number of alkyl carbamates (subject to hydrolysis) is 1. The molecule has 79 heavy (non-hydrogen) atoms. The highest BCUT2D eigenvalue weighted by molar-refractivity contribution is 8.14. The van der Waals surface area contributed by atoms with Gasteiger partial charge in [0.2, 0.25) is 29.3 Å². The number of aliphatic carboxylic acids is 1. The molecule has 24 heteroatoms. The first kappa shape index (κ1) is 54.2. The van der Waals surface area contributed by atoms with Crippen LogP contribution in [0, 0.1) is 35.4 Å². The number of halogens is 1. The normalized spacial score (nSPS) is 36.8. The second-order valence-electron chi connectivity index (χ2n) is 23.7. The third-order valence-electron chi connectivity index (χ3n) is 18.5. The van der Waals surface area contributed by atoms with Gasteiger partial charge in [-0.05, 0) is 94.5 Å². The van der Waals surface area contributed by atoms with E-state index in [0.717, 1.165) is 24.3 Å². The van der Waals surface area contributed by atoms with Crippen LogP contribution < -0.4 is 31.1 Å². The van der Waals surface area contributed by atoms with Crippen molar-refractivity contribution in [1.82, 2.24) is 26.2 Å². The highest BCUT2D eigenvalue weighted by Crippen LogP contribution is 2.65. The van der Waals surface area contributed by atoms with E-state index in [1.54, 1.807) is 47.8 Å². The number of aromatic hydroxyl groups is 1. The molecular weight excluding hydrogens is 1060 g/mol. The molecule has 4 bridgehead atoms. The van der Waals surface area contributed by atoms with Gasteiger partial charge in [0.1, 0.15) is 34.9 Å². The summed E-state index contributed by atoms with van der Waals surface area (Å²) < 4.78 is 33.8. The van der Waals surface area contributed by atoms with Crippen molar-refractivity contribution in [3.63, 3.8) is 0 Å². The number of para-hydroxylation sites is 1. The summed E-state index contributed by atoms with van der Waals surface area (Å²) in [5.74, 6) is -2.25. The number of nitrogens with zero attached hydrogens (tertiary/aromatic N) is 4. The van der Waals surface area contributed by atoms with Gasteiger partial charge in [-0.3, -0.25) is 34.0 Å². The molecule has 11 aliphatic rings. The molecule has 0 aromatic heterocycles. The maximum absolute atomic E-state index is 15.5. The van der Waals surface area contributed by atoms with Crippen molar-refractivity contribution in [2.75, 3.05) is 60.6 Å². The number of thioether (sulfide) groups is 2. The molecule has 2 aromatic carbocycles. The van der Waals surface area contributed by atoms with E-state index in [-0.39, 0.29) is 85.2 Å². The molecule has 13 rings (SSSR count). The fraction of sp³-hybridized carbons (Fsp3) is 0.655. The van der Waals surface area contributed by atoms with Crippen molar-refractivity contribution in [1.29, 1.82) is 0 Å². The lowest BCUT2D eigenvalue weighted by Crippen LogP contribution is -2.69. The number of cyclic esters (lactones) is 1. The molecule has 5 heterocycles. The molecule has 6 saturated carbocycles. The maximum Gasteiger partial charge on any atom is 0.414 e. The van der Waals surface area contributed by atoms with Crippen LogP contribution in [0.4, 0.5) is 25.4 Å². The summed E-state index contributed by atoms with van der Waals surface area (Å²) in [5.41, 5.74) is 1.01. The van der Waals surface area contributed by atoms with E-state index in [9.17, 15) is 39.0 Å². The summed E-state index contributed by atoms with van der Waals surface area (Å²) >= 11 is 3.13. The summed E-state index contributed by atoms with van der Waals surface area (Å²) in [6.45, 7) is 5.65. The summed E-state index contributed by atoms with van der Waals surface area (Å²) in [6.07, 6.45) is 4.64. The zero-order valence-electron chi connectivity index (χ0n) is 44.3. The number of nitrogens with one attached hydrogen (secondary N) is 4. The van der Waals surface area contributed by atoms with Crippen LogP contribution in [0.25, 0.3) is 0 Å². The number of aliphatic imine (C=N–C) groups is 1. The summed E-state index contributed by atoms with van der Waals surface area (Å²) in [5, 5.41) is 33.3. The Hall–Kier alpha value is -5.40. The molecule has 6 N–H and O–H groups in total. The van der Waals surface area contributed by atoms with Gasteiger partial charge in [0, 0.05) is 111 Å². The van der Waals surface area contributed by atoms with Crippen molar-refractivity contribution < 1.29 is 67.4 Å². The largest absolute Gasteiger partial charge is 0.507 e. The molecular formula is C55H69FN8O13S2. The number of phenols is 1. The van der Waals surface area contributed by atoms with Crippen LogP contribution in [0.15, 0.2) is 47.5 Å². The number of amides is 5. The minimum atomic E-state index is -1.07.